The molecule has 0 aromatic rings. The van der Waals surface area contributed by atoms with Crippen LogP contribution < -0.4 is 5.73 Å². The van der Waals surface area contributed by atoms with E-state index in [1.165, 1.54) is 32.1 Å². The van der Waals surface area contributed by atoms with Crippen molar-refractivity contribution in [2.24, 2.45) is 23.5 Å². The van der Waals surface area contributed by atoms with Gasteiger partial charge in [0, 0.05) is 0 Å². The highest BCUT2D eigenvalue weighted by atomic mass is 14.5. The van der Waals surface area contributed by atoms with Gasteiger partial charge in [-0.1, -0.05) is 20.3 Å². The molecule has 3 atom stereocenters. The monoisotopic (exact) mass is 169 g/mol. The van der Waals surface area contributed by atoms with Gasteiger partial charge in [-0.25, -0.2) is 0 Å². The molecule has 0 heterocycles. The SMILES string of the molecule is CCC1CC(C)C(CCCN)C1. The van der Waals surface area contributed by atoms with Crippen LogP contribution >= 0.6 is 0 Å². The summed E-state index contributed by atoms with van der Waals surface area (Å²) >= 11 is 0. The third-order valence-electron chi connectivity index (χ3n) is 3.50. The molecule has 0 spiro atoms. The molecule has 1 fully saturated rings. The highest BCUT2D eigenvalue weighted by Crippen LogP contribution is 2.39. The van der Waals surface area contributed by atoms with Crippen molar-refractivity contribution in [1.29, 1.82) is 0 Å². The van der Waals surface area contributed by atoms with Gasteiger partial charge in [-0.2, -0.15) is 0 Å². The maximum Gasteiger partial charge on any atom is -0.00772 e. The van der Waals surface area contributed by atoms with Crippen LogP contribution in [0.3, 0.4) is 0 Å². The van der Waals surface area contributed by atoms with E-state index in [1.807, 2.05) is 0 Å². The van der Waals surface area contributed by atoms with E-state index in [0.29, 0.717) is 0 Å². The number of hydrogen-bond donors (Lipinski definition) is 1. The molecule has 0 aromatic heterocycles. The summed E-state index contributed by atoms with van der Waals surface area (Å²) in [6.07, 6.45) is 6.91. The van der Waals surface area contributed by atoms with Gasteiger partial charge in [0.25, 0.3) is 0 Å². The fourth-order valence-corrected chi connectivity index (χ4v) is 2.59. The Kier molecular flexibility index (Phi) is 4.07. The van der Waals surface area contributed by atoms with Gasteiger partial charge in [-0.05, 0) is 50.0 Å². The second kappa shape index (κ2) is 4.86. The maximum atomic E-state index is 5.52. The summed E-state index contributed by atoms with van der Waals surface area (Å²) in [4.78, 5) is 0. The molecule has 0 bridgehead atoms. The van der Waals surface area contributed by atoms with Crippen molar-refractivity contribution in [2.75, 3.05) is 6.54 Å². The summed E-state index contributed by atoms with van der Waals surface area (Å²) in [6.45, 7) is 5.61. The van der Waals surface area contributed by atoms with Crippen LogP contribution in [0.15, 0.2) is 0 Å². The van der Waals surface area contributed by atoms with Gasteiger partial charge >= 0.3 is 0 Å². The van der Waals surface area contributed by atoms with E-state index in [4.69, 9.17) is 5.73 Å². The summed E-state index contributed by atoms with van der Waals surface area (Å²) in [5.41, 5.74) is 5.52. The van der Waals surface area contributed by atoms with Gasteiger partial charge in [-0.3, -0.25) is 0 Å². The van der Waals surface area contributed by atoms with Gasteiger partial charge in [0.05, 0.1) is 0 Å². The molecule has 72 valence electrons. The number of hydrogen-bond acceptors (Lipinski definition) is 1. The summed E-state index contributed by atoms with van der Waals surface area (Å²) < 4.78 is 0. The molecule has 1 aliphatic carbocycles. The van der Waals surface area contributed by atoms with Crippen molar-refractivity contribution in [3.63, 3.8) is 0 Å². The molecule has 2 N–H and O–H groups in total. The van der Waals surface area contributed by atoms with Crippen LogP contribution in [0, 0.1) is 17.8 Å². The third kappa shape index (κ3) is 2.48. The van der Waals surface area contributed by atoms with Crippen LogP contribution in [-0.4, -0.2) is 6.54 Å². The Morgan fingerprint density at radius 3 is 2.58 bits per heavy atom. The maximum absolute atomic E-state index is 5.52. The fourth-order valence-electron chi connectivity index (χ4n) is 2.59. The predicted octanol–water partition coefficient (Wildman–Crippen LogP) is 2.80. The molecular weight excluding hydrogens is 146 g/mol. The lowest BCUT2D eigenvalue weighted by molar-refractivity contribution is 0.382. The first kappa shape index (κ1) is 10.0. The molecule has 0 amide bonds. The lowest BCUT2D eigenvalue weighted by atomic mass is 9.93. The Hall–Kier alpha value is -0.0400. The van der Waals surface area contributed by atoms with Gasteiger partial charge in [0.2, 0.25) is 0 Å². The molecule has 1 aliphatic rings. The van der Waals surface area contributed by atoms with Crippen molar-refractivity contribution in [1.82, 2.24) is 0 Å². The van der Waals surface area contributed by atoms with Crippen LogP contribution in [-0.2, 0) is 0 Å². The summed E-state index contributed by atoms with van der Waals surface area (Å²) in [5.74, 6) is 2.96. The van der Waals surface area contributed by atoms with Gasteiger partial charge in [0.15, 0.2) is 0 Å². The molecule has 3 unspecified atom stereocenters. The quantitative estimate of drug-likeness (QED) is 0.688. The first-order valence-electron chi connectivity index (χ1n) is 5.48. The lowest BCUT2D eigenvalue weighted by Gasteiger charge is -2.13. The largest absolute Gasteiger partial charge is 0.330 e. The summed E-state index contributed by atoms with van der Waals surface area (Å²) in [7, 11) is 0. The summed E-state index contributed by atoms with van der Waals surface area (Å²) in [6, 6.07) is 0. The number of rotatable bonds is 4. The zero-order valence-electron chi connectivity index (χ0n) is 8.55. The molecule has 0 aromatic carbocycles. The van der Waals surface area contributed by atoms with Crippen molar-refractivity contribution in [2.45, 2.75) is 46.0 Å². The van der Waals surface area contributed by atoms with Crippen molar-refractivity contribution < 1.29 is 0 Å². The topological polar surface area (TPSA) is 26.0 Å². The highest BCUT2D eigenvalue weighted by Gasteiger charge is 2.29. The zero-order valence-corrected chi connectivity index (χ0v) is 8.55. The first-order valence-corrected chi connectivity index (χ1v) is 5.48. The van der Waals surface area contributed by atoms with E-state index in [9.17, 15) is 0 Å². The predicted molar refractivity (Wildman–Crippen MR) is 54.0 cm³/mol. The van der Waals surface area contributed by atoms with Crippen LogP contribution in [0.25, 0.3) is 0 Å². The molecule has 0 aliphatic heterocycles. The van der Waals surface area contributed by atoms with Gasteiger partial charge in [0.1, 0.15) is 0 Å². The van der Waals surface area contributed by atoms with E-state index in [1.54, 1.807) is 0 Å². The average Bonchev–Trinajstić information content (AvgIpc) is 2.43. The molecule has 1 nitrogen and oxygen atoms in total. The van der Waals surface area contributed by atoms with E-state index in [0.717, 1.165) is 24.3 Å². The fraction of sp³-hybridized carbons (Fsp3) is 1.00. The Bertz CT molecular complexity index is 122. The highest BCUT2D eigenvalue weighted by molar-refractivity contribution is 4.80. The third-order valence-corrected chi connectivity index (χ3v) is 3.50. The van der Waals surface area contributed by atoms with Crippen LogP contribution in [0.2, 0.25) is 0 Å². The van der Waals surface area contributed by atoms with Crippen LogP contribution in [0.4, 0.5) is 0 Å². The standard InChI is InChI=1S/C11H23N/c1-3-10-7-9(2)11(8-10)5-4-6-12/h9-11H,3-8,12H2,1-2H3. The Balaban J connectivity index is 2.25. The normalized spacial score (nSPS) is 35.8. The first-order chi connectivity index (χ1) is 5.77. The van der Waals surface area contributed by atoms with Crippen LogP contribution in [0.5, 0.6) is 0 Å². The molecule has 1 saturated carbocycles. The lowest BCUT2D eigenvalue weighted by Crippen LogP contribution is -2.07. The van der Waals surface area contributed by atoms with Crippen molar-refractivity contribution >= 4 is 0 Å². The van der Waals surface area contributed by atoms with Crippen molar-refractivity contribution in [3.8, 4) is 0 Å². The van der Waals surface area contributed by atoms with Gasteiger partial charge in [-0.15, -0.1) is 0 Å². The minimum atomic E-state index is 0.875. The molecule has 0 radical (unpaired) electrons. The summed E-state index contributed by atoms with van der Waals surface area (Å²) in [5, 5.41) is 0. The molecule has 0 saturated heterocycles. The molecule has 1 heteroatoms. The second-order valence-electron chi connectivity index (χ2n) is 4.41. The van der Waals surface area contributed by atoms with E-state index in [2.05, 4.69) is 13.8 Å². The molecular formula is C11H23N. The Morgan fingerprint density at radius 1 is 1.33 bits per heavy atom. The smallest absolute Gasteiger partial charge is 0.00772 e. The molecule has 12 heavy (non-hydrogen) atoms. The number of nitrogens with two attached hydrogens (primary N) is 1. The van der Waals surface area contributed by atoms with Gasteiger partial charge < -0.3 is 5.73 Å². The minimum Gasteiger partial charge on any atom is -0.330 e. The zero-order chi connectivity index (χ0) is 8.97. The average molecular weight is 169 g/mol. The molecule has 1 rings (SSSR count). The Labute approximate surface area is 76.7 Å². The van der Waals surface area contributed by atoms with E-state index in [-0.39, 0.29) is 0 Å². The Morgan fingerprint density at radius 2 is 2.08 bits per heavy atom. The van der Waals surface area contributed by atoms with Crippen LogP contribution in [0.1, 0.15) is 46.0 Å². The van der Waals surface area contributed by atoms with Crippen molar-refractivity contribution in [3.05, 3.63) is 0 Å². The minimum absolute atomic E-state index is 0.875. The second-order valence-corrected chi connectivity index (χ2v) is 4.41. The van der Waals surface area contributed by atoms with E-state index < -0.39 is 0 Å². The van der Waals surface area contributed by atoms with E-state index >= 15 is 0 Å².